The summed E-state index contributed by atoms with van der Waals surface area (Å²) in [5.41, 5.74) is 4.68. The highest BCUT2D eigenvalue weighted by Gasteiger charge is 2.12. The summed E-state index contributed by atoms with van der Waals surface area (Å²) in [6.07, 6.45) is 1.00. The molecule has 3 aromatic carbocycles. The van der Waals surface area contributed by atoms with E-state index in [-0.39, 0.29) is 0 Å². The summed E-state index contributed by atoms with van der Waals surface area (Å²) in [5, 5.41) is 4.25. The number of anilines is 1. The molecule has 0 aromatic heterocycles. The Bertz CT molecular complexity index is 928. The maximum absolute atomic E-state index is 6.04. The van der Waals surface area contributed by atoms with Crippen molar-refractivity contribution in [1.82, 2.24) is 0 Å². The van der Waals surface area contributed by atoms with Crippen LogP contribution >= 0.6 is 34.2 Å². The molecule has 1 N–H and O–H groups in total. The molecular weight excluding hydrogens is 485 g/mol. The second kappa shape index (κ2) is 10.0. The van der Waals surface area contributed by atoms with E-state index in [4.69, 9.17) is 21.1 Å². The van der Waals surface area contributed by atoms with Crippen molar-refractivity contribution in [2.45, 2.75) is 26.5 Å². The van der Waals surface area contributed by atoms with E-state index >= 15 is 0 Å². The van der Waals surface area contributed by atoms with Gasteiger partial charge in [-0.25, -0.2) is 0 Å². The number of halogens is 2. The predicted octanol–water partition coefficient (Wildman–Crippen LogP) is 6.71. The molecular formula is C23H23ClINO2. The SMILES string of the molecule is CCc1ccccc1NCc1cc(I)c(OCc2ccc(Cl)cc2)c(OC)c1. The average molecular weight is 508 g/mol. The summed E-state index contributed by atoms with van der Waals surface area (Å²) in [6.45, 7) is 3.35. The normalized spacial score (nSPS) is 10.6. The molecule has 0 saturated heterocycles. The zero-order valence-corrected chi connectivity index (χ0v) is 18.9. The molecule has 0 heterocycles. The van der Waals surface area contributed by atoms with Crippen molar-refractivity contribution in [2.75, 3.05) is 12.4 Å². The van der Waals surface area contributed by atoms with E-state index in [1.807, 2.05) is 30.3 Å². The van der Waals surface area contributed by atoms with E-state index < -0.39 is 0 Å². The molecule has 0 bridgehead atoms. The lowest BCUT2D eigenvalue weighted by molar-refractivity contribution is 0.282. The summed E-state index contributed by atoms with van der Waals surface area (Å²) in [7, 11) is 1.67. The van der Waals surface area contributed by atoms with Crippen molar-refractivity contribution in [1.29, 1.82) is 0 Å². The van der Waals surface area contributed by atoms with Gasteiger partial charge in [0.25, 0.3) is 0 Å². The standard InChI is InChI=1S/C23H23ClINO2/c1-3-18-6-4-5-7-21(18)26-14-17-12-20(25)23(22(13-17)27-2)28-15-16-8-10-19(24)11-9-16/h4-13,26H,3,14-15H2,1-2H3. The highest BCUT2D eigenvalue weighted by molar-refractivity contribution is 14.1. The fourth-order valence-corrected chi connectivity index (χ4v) is 3.90. The lowest BCUT2D eigenvalue weighted by atomic mass is 10.1. The van der Waals surface area contributed by atoms with Crippen LogP contribution in [0.4, 0.5) is 5.69 Å². The van der Waals surface area contributed by atoms with Crippen LogP contribution in [0.15, 0.2) is 60.7 Å². The Morgan fingerprint density at radius 2 is 1.75 bits per heavy atom. The van der Waals surface area contributed by atoms with Gasteiger partial charge < -0.3 is 14.8 Å². The van der Waals surface area contributed by atoms with Crippen molar-refractivity contribution >= 4 is 39.9 Å². The maximum Gasteiger partial charge on any atom is 0.174 e. The van der Waals surface area contributed by atoms with E-state index in [0.29, 0.717) is 6.61 Å². The van der Waals surface area contributed by atoms with Crippen molar-refractivity contribution in [3.63, 3.8) is 0 Å². The quantitative estimate of drug-likeness (QED) is 0.344. The molecule has 0 unspecified atom stereocenters. The average Bonchev–Trinajstić information content (AvgIpc) is 2.72. The van der Waals surface area contributed by atoms with Crippen LogP contribution in [0.2, 0.25) is 5.02 Å². The van der Waals surface area contributed by atoms with Gasteiger partial charge in [0.2, 0.25) is 0 Å². The molecule has 0 amide bonds. The lowest BCUT2D eigenvalue weighted by Gasteiger charge is -2.16. The first-order valence-corrected chi connectivity index (χ1v) is 10.6. The zero-order chi connectivity index (χ0) is 19.9. The summed E-state index contributed by atoms with van der Waals surface area (Å²) >= 11 is 8.24. The number of ether oxygens (including phenoxy) is 2. The van der Waals surface area contributed by atoms with Crippen LogP contribution in [0.5, 0.6) is 11.5 Å². The molecule has 0 radical (unpaired) electrons. The van der Waals surface area contributed by atoms with Gasteiger partial charge in [0.15, 0.2) is 11.5 Å². The number of rotatable bonds is 8. The van der Waals surface area contributed by atoms with Crippen LogP contribution in [-0.4, -0.2) is 7.11 Å². The van der Waals surface area contributed by atoms with E-state index in [1.165, 1.54) is 11.3 Å². The molecule has 146 valence electrons. The lowest BCUT2D eigenvalue weighted by Crippen LogP contribution is -2.05. The van der Waals surface area contributed by atoms with E-state index in [1.54, 1.807) is 7.11 Å². The van der Waals surface area contributed by atoms with Crippen molar-refractivity contribution in [3.8, 4) is 11.5 Å². The third-order valence-electron chi connectivity index (χ3n) is 4.47. The highest BCUT2D eigenvalue weighted by atomic mass is 127. The molecule has 0 spiro atoms. The molecule has 0 atom stereocenters. The molecule has 0 aliphatic heterocycles. The molecule has 3 rings (SSSR count). The first kappa shape index (κ1) is 20.8. The highest BCUT2D eigenvalue weighted by Crippen LogP contribution is 2.35. The number of nitrogens with one attached hydrogen (secondary N) is 1. The third-order valence-corrected chi connectivity index (χ3v) is 5.52. The Morgan fingerprint density at radius 1 is 1.00 bits per heavy atom. The molecule has 28 heavy (non-hydrogen) atoms. The minimum absolute atomic E-state index is 0.463. The van der Waals surface area contributed by atoms with Gasteiger partial charge in [-0.1, -0.05) is 48.9 Å². The van der Waals surface area contributed by atoms with Crippen LogP contribution in [0, 0.1) is 3.57 Å². The second-order valence-corrected chi connectivity index (χ2v) is 7.99. The Morgan fingerprint density at radius 3 is 2.46 bits per heavy atom. The third kappa shape index (κ3) is 5.32. The Kier molecular flexibility index (Phi) is 7.45. The Hall–Kier alpha value is -1.92. The predicted molar refractivity (Wildman–Crippen MR) is 125 cm³/mol. The number of benzene rings is 3. The number of aryl methyl sites for hydroxylation is 1. The summed E-state index contributed by atoms with van der Waals surface area (Å²) in [5.74, 6) is 1.50. The Labute approximate surface area is 185 Å². The van der Waals surface area contributed by atoms with Crippen molar-refractivity contribution < 1.29 is 9.47 Å². The van der Waals surface area contributed by atoms with Gasteiger partial charge in [0.1, 0.15) is 6.61 Å². The van der Waals surface area contributed by atoms with E-state index in [0.717, 1.165) is 44.2 Å². The minimum atomic E-state index is 0.463. The number of hydrogen-bond donors (Lipinski definition) is 1. The Balaban J connectivity index is 1.72. The monoisotopic (exact) mass is 507 g/mol. The van der Waals surface area contributed by atoms with Crippen molar-refractivity contribution in [2.24, 2.45) is 0 Å². The summed E-state index contributed by atoms with van der Waals surface area (Å²) in [4.78, 5) is 0. The van der Waals surface area contributed by atoms with Crippen LogP contribution < -0.4 is 14.8 Å². The largest absolute Gasteiger partial charge is 0.493 e. The van der Waals surface area contributed by atoms with Crippen LogP contribution in [0.1, 0.15) is 23.6 Å². The summed E-state index contributed by atoms with van der Waals surface area (Å²) in [6, 6.07) is 20.2. The number of para-hydroxylation sites is 1. The molecule has 3 aromatic rings. The van der Waals surface area contributed by atoms with E-state index in [9.17, 15) is 0 Å². The first-order chi connectivity index (χ1) is 13.6. The zero-order valence-electron chi connectivity index (χ0n) is 16.0. The molecule has 5 heteroatoms. The molecule has 0 aliphatic carbocycles. The van der Waals surface area contributed by atoms with Crippen LogP contribution in [0.25, 0.3) is 0 Å². The van der Waals surface area contributed by atoms with Crippen LogP contribution in [0.3, 0.4) is 0 Å². The smallest absolute Gasteiger partial charge is 0.174 e. The fourth-order valence-electron chi connectivity index (χ4n) is 2.95. The van der Waals surface area contributed by atoms with E-state index in [2.05, 4.69) is 65.2 Å². The van der Waals surface area contributed by atoms with Gasteiger partial charge in [-0.2, -0.15) is 0 Å². The second-order valence-electron chi connectivity index (χ2n) is 6.39. The maximum atomic E-state index is 6.04. The molecule has 0 saturated carbocycles. The van der Waals surface area contributed by atoms with Gasteiger partial charge in [0.05, 0.1) is 10.7 Å². The van der Waals surface area contributed by atoms with Gasteiger partial charge >= 0.3 is 0 Å². The molecule has 0 aliphatic rings. The van der Waals surface area contributed by atoms with Gasteiger partial charge in [-0.05, 0) is 76.0 Å². The molecule has 3 nitrogen and oxygen atoms in total. The number of methoxy groups -OCH3 is 1. The topological polar surface area (TPSA) is 30.5 Å². The fraction of sp³-hybridized carbons (Fsp3) is 0.217. The number of hydrogen-bond acceptors (Lipinski definition) is 3. The summed E-state index contributed by atoms with van der Waals surface area (Å²) < 4.78 is 12.7. The minimum Gasteiger partial charge on any atom is -0.493 e. The van der Waals surface area contributed by atoms with Gasteiger partial charge in [-0.3, -0.25) is 0 Å². The first-order valence-electron chi connectivity index (χ1n) is 9.16. The van der Waals surface area contributed by atoms with Crippen LogP contribution in [-0.2, 0) is 19.6 Å². The van der Waals surface area contributed by atoms with Gasteiger partial charge in [-0.15, -0.1) is 0 Å². The molecule has 0 fully saturated rings. The van der Waals surface area contributed by atoms with Crippen molar-refractivity contribution in [3.05, 3.63) is 85.9 Å². The van der Waals surface area contributed by atoms with Gasteiger partial charge in [0, 0.05) is 17.3 Å².